The maximum Gasteiger partial charge on any atom is 0.315 e. The first-order valence-electron chi connectivity index (χ1n) is 8.50. The Morgan fingerprint density at radius 3 is 2.92 bits per heavy atom. The average molecular weight is 344 g/mol. The molecule has 0 bridgehead atoms. The van der Waals surface area contributed by atoms with E-state index in [4.69, 9.17) is 9.47 Å². The number of ether oxygens (including phenoxy) is 2. The number of benzene rings is 1. The molecule has 1 aromatic heterocycles. The van der Waals surface area contributed by atoms with E-state index in [1.807, 2.05) is 39.1 Å². The van der Waals surface area contributed by atoms with Crippen molar-refractivity contribution in [3.05, 3.63) is 41.2 Å². The number of nitrogens with zero attached hydrogens (tertiary/aromatic N) is 2. The van der Waals surface area contributed by atoms with Crippen molar-refractivity contribution in [1.29, 1.82) is 0 Å². The first kappa shape index (κ1) is 17.1. The second-order valence-electron chi connectivity index (χ2n) is 6.12. The molecular weight excluding hydrogens is 320 g/mol. The van der Waals surface area contributed by atoms with Crippen LogP contribution in [0.25, 0.3) is 0 Å². The van der Waals surface area contributed by atoms with Crippen LogP contribution in [0, 0.1) is 0 Å². The van der Waals surface area contributed by atoms with Gasteiger partial charge in [0.25, 0.3) is 0 Å². The van der Waals surface area contributed by atoms with Gasteiger partial charge in [0, 0.05) is 37.3 Å². The Morgan fingerprint density at radius 2 is 2.20 bits per heavy atom. The minimum absolute atomic E-state index is 0.176. The first-order chi connectivity index (χ1) is 12.1. The Balaban J connectivity index is 1.61. The number of aromatic nitrogens is 2. The van der Waals surface area contributed by atoms with Crippen molar-refractivity contribution in [2.45, 2.75) is 39.5 Å². The summed E-state index contributed by atoms with van der Waals surface area (Å²) in [5.74, 6) is 1.67. The van der Waals surface area contributed by atoms with Crippen LogP contribution in [0.2, 0.25) is 0 Å². The molecule has 7 heteroatoms. The summed E-state index contributed by atoms with van der Waals surface area (Å²) in [6.45, 7) is 5.37. The second kappa shape index (κ2) is 7.46. The Bertz CT molecular complexity index is 757. The fourth-order valence-corrected chi connectivity index (χ4v) is 2.89. The summed E-state index contributed by atoms with van der Waals surface area (Å²) in [5, 5.41) is 9.76. The minimum Gasteiger partial charge on any atom is -0.494 e. The molecule has 1 aliphatic rings. The van der Waals surface area contributed by atoms with E-state index in [0.29, 0.717) is 19.7 Å². The van der Waals surface area contributed by atoms with Crippen molar-refractivity contribution < 1.29 is 14.3 Å². The summed E-state index contributed by atoms with van der Waals surface area (Å²) in [7, 11) is 1.84. The van der Waals surface area contributed by atoms with Gasteiger partial charge in [-0.1, -0.05) is 0 Å². The van der Waals surface area contributed by atoms with Gasteiger partial charge in [0.2, 0.25) is 0 Å². The van der Waals surface area contributed by atoms with E-state index < -0.39 is 0 Å². The standard InChI is InChI=1S/C18H24N4O3/c1-4-24-16-8-13-7-12(2)25-17(13)9-14(16)10-19-18(23)20-11-15-5-6-21-22(15)3/h5-6,8-9,12H,4,7,10-11H2,1-3H3,(H2,19,20,23). The zero-order chi connectivity index (χ0) is 17.8. The molecule has 1 aliphatic heterocycles. The quantitative estimate of drug-likeness (QED) is 0.842. The van der Waals surface area contributed by atoms with E-state index >= 15 is 0 Å². The third kappa shape index (κ3) is 4.04. The fraction of sp³-hybridized carbons (Fsp3) is 0.444. The maximum atomic E-state index is 12.1. The molecule has 1 aromatic carbocycles. The monoisotopic (exact) mass is 344 g/mol. The van der Waals surface area contributed by atoms with E-state index in [1.165, 1.54) is 0 Å². The molecule has 0 spiro atoms. The highest BCUT2D eigenvalue weighted by Gasteiger charge is 2.22. The number of amides is 2. The molecule has 0 saturated carbocycles. The molecule has 1 unspecified atom stereocenters. The van der Waals surface area contributed by atoms with Crippen LogP contribution >= 0.6 is 0 Å². The maximum absolute atomic E-state index is 12.1. The number of aryl methyl sites for hydroxylation is 1. The van der Waals surface area contributed by atoms with Gasteiger partial charge in [0.15, 0.2) is 0 Å². The van der Waals surface area contributed by atoms with E-state index in [0.717, 1.165) is 34.7 Å². The number of urea groups is 1. The van der Waals surface area contributed by atoms with E-state index in [1.54, 1.807) is 10.9 Å². The van der Waals surface area contributed by atoms with Crippen molar-refractivity contribution in [1.82, 2.24) is 20.4 Å². The zero-order valence-electron chi connectivity index (χ0n) is 14.8. The first-order valence-corrected chi connectivity index (χ1v) is 8.50. The molecule has 134 valence electrons. The van der Waals surface area contributed by atoms with E-state index in [9.17, 15) is 4.79 Å². The second-order valence-corrected chi connectivity index (χ2v) is 6.12. The Kier molecular flexibility index (Phi) is 5.11. The zero-order valence-corrected chi connectivity index (χ0v) is 14.8. The highest BCUT2D eigenvalue weighted by Crippen LogP contribution is 2.35. The summed E-state index contributed by atoms with van der Waals surface area (Å²) in [6, 6.07) is 5.61. The number of hydrogen-bond acceptors (Lipinski definition) is 4. The lowest BCUT2D eigenvalue weighted by molar-refractivity contribution is 0.239. The third-order valence-electron chi connectivity index (χ3n) is 4.17. The van der Waals surface area contributed by atoms with Crippen molar-refractivity contribution in [2.75, 3.05) is 6.61 Å². The number of carbonyl (C=O) groups excluding carboxylic acids is 1. The lowest BCUT2D eigenvalue weighted by Crippen LogP contribution is -2.35. The van der Waals surface area contributed by atoms with Crippen molar-refractivity contribution in [3.8, 4) is 11.5 Å². The molecule has 0 saturated heterocycles. The number of fused-ring (bicyclic) bond motifs is 1. The number of rotatable bonds is 6. The molecule has 3 rings (SSSR count). The summed E-state index contributed by atoms with van der Waals surface area (Å²) >= 11 is 0. The summed E-state index contributed by atoms with van der Waals surface area (Å²) in [5.41, 5.74) is 3.00. The molecule has 2 aromatic rings. The molecule has 0 aliphatic carbocycles. The highest BCUT2D eigenvalue weighted by atomic mass is 16.5. The largest absolute Gasteiger partial charge is 0.494 e. The van der Waals surface area contributed by atoms with Gasteiger partial charge in [-0.2, -0.15) is 5.10 Å². The Morgan fingerprint density at radius 1 is 1.40 bits per heavy atom. The Labute approximate surface area is 147 Å². The lowest BCUT2D eigenvalue weighted by Gasteiger charge is -2.14. The molecule has 7 nitrogen and oxygen atoms in total. The summed E-state index contributed by atoms with van der Waals surface area (Å²) in [4.78, 5) is 12.1. The average Bonchev–Trinajstić information content (AvgIpc) is 3.15. The normalized spacial score (nSPS) is 15.4. The predicted octanol–water partition coefficient (Wildman–Crippen LogP) is 2.14. The van der Waals surface area contributed by atoms with Gasteiger partial charge in [-0.05, 0) is 32.0 Å². The predicted molar refractivity (Wildman–Crippen MR) is 93.7 cm³/mol. The highest BCUT2D eigenvalue weighted by molar-refractivity contribution is 5.74. The van der Waals surface area contributed by atoms with Gasteiger partial charge in [-0.15, -0.1) is 0 Å². The van der Waals surface area contributed by atoms with E-state index in [-0.39, 0.29) is 12.1 Å². The van der Waals surface area contributed by atoms with Gasteiger partial charge >= 0.3 is 6.03 Å². The van der Waals surface area contributed by atoms with Gasteiger partial charge in [-0.25, -0.2) is 4.79 Å². The van der Waals surface area contributed by atoms with Crippen LogP contribution in [0.15, 0.2) is 24.4 Å². The molecule has 25 heavy (non-hydrogen) atoms. The molecule has 1 atom stereocenters. The van der Waals surface area contributed by atoms with Crippen LogP contribution in [0.1, 0.15) is 30.7 Å². The van der Waals surface area contributed by atoms with Gasteiger partial charge < -0.3 is 20.1 Å². The molecule has 0 fully saturated rings. The van der Waals surface area contributed by atoms with Crippen LogP contribution in [0.4, 0.5) is 4.79 Å². The summed E-state index contributed by atoms with van der Waals surface area (Å²) in [6.07, 6.45) is 2.76. The van der Waals surface area contributed by atoms with Crippen LogP contribution in [0.5, 0.6) is 11.5 Å². The molecule has 2 amide bonds. The summed E-state index contributed by atoms with van der Waals surface area (Å²) < 4.78 is 13.3. The fourth-order valence-electron chi connectivity index (χ4n) is 2.89. The van der Waals surface area contributed by atoms with Gasteiger partial charge in [0.1, 0.15) is 17.6 Å². The minimum atomic E-state index is -0.238. The number of nitrogens with one attached hydrogen (secondary N) is 2. The van der Waals surface area contributed by atoms with Crippen molar-refractivity contribution in [3.63, 3.8) is 0 Å². The van der Waals surface area contributed by atoms with Crippen LogP contribution < -0.4 is 20.1 Å². The van der Waals surface area contributed by atoms with Gasteiger partial charge in [0.05, 0.1) is 18.8 Å². The SMILES string of the molecule is CCOc1cc2c(cc1CNC(=O)NCc1ccnn1C)OC(C)C2. The van der Waals surface area contributed by atoms with E-state index in [2.05, 4.69) is 15.7 Å². The third-order valence-corrected chi connectivity index (χ3v) is 4.17. The molecular formula is C18H24N4O3. The van der Waals surface area contributed by atoms with Crippen LogP contribution in [-0.4, -0.2) is 28.5 Å². The Hall–Kier alpha value is -2.70. The molecule has 2 heterocycles. The van der Waals surface area contributed by atoms with Crippen molar-refractivity contribution >= 4 is 6.03 Å². The van der Waals surface area contributed by atoms with Crippen LogP contribution in [-0.2, 0) is 26.6 Å². The smallest absolute Gasteiger partial charge is 0.315 e. The molecule has 0 radical (unpaired) electrons. The molecule has 2 N–H and O–H groups in total. The topological polar surface area (TPSA) is 77.4 Å². The lowest BCUT2D eigenvalue weighted by atomic mass is 10.1. The van der Waals surface area contributed by atoms with Crippen LogP contribution in [0.3, 0.4) is 0 Å². The number of hydrogen-bond donors (Lipinski definition) is 2. The van der Waals surface area contributed by atoms with Gasteiger partial charge in [-0.3, -0.25) is 4.68 Å². The number of carbonyl (C=O) groups is 1. The van der Waals surface area contributed by atoms with Crippen molar-refractivity contribution in [2.24, 2.45) is 7.05 Å².